The number of hydrogen-bond donors (Lipinski definition) is 2. The van der Waals surface area contributed by atoms with Crippen molar-refractivity contribution in [2.24, 2.45) is 11.8 Å². The summed E-state index contributed by atoms with van der Waals surface area (Å²) in [7, 11) is -4.26. The zero-order valence-electron chi connectivity index (χ0n) is 23.2. The van der Waals surface area contributed by atoms with Crippen molar-refractivity contribution in [1.82, 2.24) is 19.7 Å². The maximum absolute atomic E-state index is 13.4. The number of nitrogens with two attached hydrogens (primary N) is 1. The number of aryl methyl sites for hydroxylation is 1. The smallest absolute Gasteiger partial charge is 0.281 e. The van der Waals surface area contributed by atoms with Crippen molar-refractivity contribution in [3.8, 4) is 17.1 Å². The van der Waals surface area contributed by atoms with Crippen molar-refractivity contribution < 1.29 is 20.8 Å². The van der Waals surface area contributed by atoms with Crippen molar-refractivity contribution in [2.45, 2.75) is 58.5 Å². The maximum Gasteiger partial charge on any atom is 0.281 e. The Balaban J connectivity index is 0.00000294. The summed E-state index contributed by atoms with van der Waals surface area (Å²) in [6.45, 7) is 13.6. The molecule has 39 heavy (non-hydrogen) atoms. The van der Waals surface area contributed by atoms with Gasteiger partial charge in [-0.25, -0.2) is 19.7 Å². The first-order valence-corrected chi connectivity index (χ1v) is 14.4. The van der Waals surface area contributed by atoms with Gasteiger partial charge in [-0.05, 0) is 69.4 Å². The van der Waals surface area contributed by atoms with E-state index in [2.05, 4.69) is 54.2 Å². The molecule has 1 atom stereocenters. The number of sulfonamides is 1. The monoisotopic (exact) mass is 556 g/mol. The summed E-state index contributed by atoms with van der Waals surface area (Å²) in [5.41, 5.74) is 7.75. The normalized spacial score (nSPS) is 16.9. The highest BCUT2D eigenvalue weighted by Gasteiger charge is 2.39. The van der Waals surface area contributed by atoms with Crippen molar-refractivity contribution in [3.05, 3.63) is 53.7 Å². The van der Waals surface area contributed by atoms with Crippen LogP contribution in [-0.4, -0.2) is 48.0 Å². The van der Waals surface area contributed by atoms with Crippen molar-refractivity contribution in [2.75, 3.05) is 23.8 Å². The molecule has 11 heteroatoms. The summed E-state index contributed by atoms with van der Waals surface area (Å²) in [5.74, 6) is 0.956. The third-order valence-electron chi connectivity index (χ3n) is 6.58. The van der Waals surface area contributed by atoms with Crippen LogP contribution in [0.1, 0.15) is 59.8 Å². The zero-order chi connectivity index (χ0) is 28.5. The van der Waals surface area contributed by atoms with Gasteiger partial charge in [0, 0.05) is 32.3 Å². The Morgan fingerprint density at radius 3 is 2.62 bits per heavy atom. The Hall–Kier alpha value is -3.73. The number of pyridine rings is 3. The molecule has 0 aliphatic carbocycles. The SMILES string of the molecule is Cc1cc(-c2ccc(C(=O)NS(=O)(=O)c3cccc(N)n3)c(N3C[C@@H](C)CC3(C)C)n2)cnc1OCC(C)C.[HH].[HH]. The minimum Gasteiger partial charge on any atom is -0.477 e. The molecule has 4 rings (SSSR count). The highest BCUT2D eigenvalue weighted by atomic mass is 32.2. The molecule has 212 valence electrons. The quantitative estimate of drug-likeness (QED) is 0.404. The fourth-order valence-electron chi connectivity index (χ4n) is 4.86. The summed E-state index contributed by atoms with van der Waals surface area (Å²) < 4.78 is 33.8. The summed E-state index contributed by atoms with van der Waals surface area (Å²) in [6.07, 6.45) is 2.59. The number of carbonyl (C=O) groups is 1. The van der Waals surface area contributed by atoms with E-state index in [1.807, 2.05) is 13.0 Å². The van der Waals surface area contributed by atoms with Gasteiger partial charge < -0.3 is 15.4 Å². The van der Waals surface area contributed by atoms with E-state index < -0.39 is 15.9 Å². The molecule has 0 saturated carbocycles. The van der Waals surface area contributed by atoms with Crippen LogP contribution < -0.4 is 20.1 Å². The number of hydrogen-bond acceptors (Lipinski definition) is 9. The second-order valence-corrected chi connectivity index (χ2v) is 12.8. The highest BCUT2D eigenvalue weighted by Crippen LogP contribution is 2.38. The highest BCUT2D eigenvalue weighted by molar-refractivity contribution is 7.90. The maximum atomic E-state index is 13.4. The lowest BCUT2D eigenvalue weighted by Gasteiger charge is -2.34. The molecule has 0 unspecified atom stereocenters. The Kier molecular flexibility index (Phi) is 7.83. The van der Waals surface area contributed by atoms with Gasteiger partial charge in [0.05, 0.1) is 17.9 Å². The zero-order valence-corrected chi connectivity index (χ0v) is 24.0. The molecule has 1 aliphatic rings. The number of aromatic nitrogens is 3. The lowest BCUT2D eigenvalue weighted by molar-refractivity contribution is 0.0981. The molecular formula is C28H40N6O4S. The Morgan fingerprint density at radius 1 is 1.26 bits per heavy atom. The lowest BCUT2D eigenvalue weighted by Crippen LogP contribution is -2.41. The molecule has 0 spiro atoms. The second-order valence-electron chi connectivity index (χ2n) is 11.2. The van der Waals surface area contributed by atoms with E-state index in [1.165, 1.54) is 18.2 Å². The number of anilines is 2. The van der Waals surface area contributed by atoms with Gasteiger partial charge in [0.2, 0.25) is 5.88 Å². The molecule has 3 N–H and O–H groups in total. The lowest BCUT2D eigenvalue weighted by atomic mass is 9.97. The molecule has 0 aromatic carbocycles. The van der Waals surface area contributed by atoms with Gasteiger partial charge in [-0.15, -0.1) is 0 Å². The van der Waals surface area contributed by atoms with Crippen LogP contribution in [0.15, 0.2) is 47.6 Å². The van der Waals surface area contributed by atoms with Crippen LogP contribution in [0.25, 0.3) is 11.3 Å². The van der Waals surface area contributed by atoms with Gasteiger partial charge in [-0.3, -0.25) is 4.79 Å². The van der Waals surface area contributed by atoms with Crippen LogP contribution in [0, 0.1) is 18.8 Å². The summed E-state index contributed by atoms with van der Waals surface area (Å²) >= 11 is 0. The molecule has 4 heterocycles. The number of nitrogen functional groups attached to an aromatic ring is 1. The van der Waals surface area contributed by atoms with Crippen LogP contribution in [0.5, 0.6) is 5.88 Å². The Labute approximate surface area is 233 Å². The third-order valence-corrected chi connectivity index (χ3v) is 7.81. The van der Waals surface area contributed by atoms with Crippen molar-refractivity contribution >= 4 is 27.6 Å². The number of ether oxygens (including phenoxy) is 1. The molecule has 1 fully saturated rings. The first kappa shape index (κ1) is 28.3. The second kappa shape index (κ2) is 10.8. The largest absolute Gasteiger partial charge is 0.477 e. The van der Waals surface area contributed by atoms with Crippen molar-refractivity contribution in [3.63, 3.8) is 0 Å². The Morgan fingerprint density at radius 2 is 2.00 bits per heavy atom. The van der Waals surface area contributed by atoms with Gasteiger partial charge >= 0.3 is 0 Å². The minimum atomic E-state index is -4.26. The Bertz CT molecular complexity index is 1500. The van der Waals surface area contributed by atoms with Crippen LogP contribution in [-0.2, 0) is 10.0 Å². The van der Waals surface area contributed by atoms with E-state index in [0.717, 1.165) is 17.5 Å². The van der Waals surface area contributed by atoms with Gasteiger partial charge in [-0.2, -0.15) is 8.42 Å². The summed E-state index contributed by atoms with van der Waals surface area (Å²) in [4.78, 5) is 28.7. The molecule has 3 aromatic heterocycles. The molecule has 1 amide bonds. The van der Waals surface area contributed by atoms with Crippen molar-refractivity contribution in [1.29, 1.82) is 0 Å². The molecule has 1 saturated heterocycles. The number of carbonyl (C=O) groups excluding carboxylic acids is 1. The molecule has 1 aliphatic heterocycles. The van der Waals surface area contributed by atoms with Gasteiger partial charge in [0.15, 0.2) is 5.03 Å². The van der Waals surface area contributed by atoms with Gasteiger partial charge in [0.1, 0.15) is 11.6 Å². The third kappa shape index (κ3) is 6.30. The topological polar surface area (TPSA) is 140 Å². The summed E-state index contributed by atoms with van der Waals surface area (Å²) in [5, 5.41) is -0.335. The molecule has 3 aromatic rings. The fraction of sp³-hybridized carbons (Fsp3) is 0.429. The van der Waals surface area contributed by atoms with E-state index in [-0.39, 0.29) is 24.8 Å². The number of nitrogens with one attached hydrogen (secondary N) is 1. The number of amides is 1. The van der Waals surface area contributed by atoms with E-state index in [1.54, 1.807) is 18.3 Å². The van der Waals surface area contributed by atoms with E-state index in [9.17, 15) is 13.2 Å². The molecule has 0 radical (unpaired) electrons. The first-order chi connectivity index (χ1) is 18.3. The van der Waals surface area contributed by atoms with Gasteiger partial charge in [0.25, 0.3) is 15.9 Å². The molecule has 0 bridgehead atoms. The average Bonchev–Trinajstić information content (AvgIpc) is 3.14. The predicted octanol–water partition coefficient (Wildman–Crippen LogP) is 4.70. The fourth-order valence-corrected chi connectivity index (χ4v) is 5.80. The standard InChI is InChI=1S/C28H36N6O4S.2H2/c1-17(2)16-38-27-19(4)12-20(14-30-27)22-11-10-21(25(31-22)34-15-18(3)13-28(34,5)6)26(35)33-39(36,37)24-9-7-8-23(29)32-24;;/h7-12,14,17-18H,13,15-16H2,1-6H3,(H2,29,32)(H,33,35);2*1H/t18-;;/m0../s1. The van der Waals surface area contributed by atoms with E-state index in [0.29, 0.717) is 42.4 Å². The molecular weight excluding hydrogens is 516 g/mol. The van der Waals surface area contributed by atoms with Crippen LogP contribution >= 0.6 is 0 Å². The predicted molar refractivity (Wildman–Crippen MR) is 155 cm³/mol. The minimum absolute atomic E-state index is 0. The van der Waals surface area contributed by atoms with E-state index in [4.69, 9.17) is 15.5 Å². The molecule has 10 nitrogen and oxygen atoms in total. The van der Waals surface area contributed by atoms with Crippen LogP contribution in [0.4, 0.5) is 11.6 Å². The number of nitrogens with zero attached hydrogens (tertiary/aromatic N) is 4. The van der Waals surface area contributed by atoms with E-state index >= 15 is 0 Å². The number of rotatable bonds is 8. The van der Waals surface area contributed by atoms with Crippen LogP contribution in [0.3, 0.4) is 0 Å². The average molecular weight is 557 g/mol. The first-order valence-electron chi connectivity index (χ1n) is 12.9. The van der Waals surface area contributed by atoms with Gasteiger partial charge in [-0.1, -0.05) is 26.8 Å². The van der Waals surface area contributed by atoms with Crippen LogP contribution in [0.2, 0.25) is 0 Å². The summed E-state index contributed by atoms with van der Waals surface area (Å²) in [6, 6.07) is 9.46.